The van der Waals surface area contributed by atoms with Gasteiger partial charge in [-0.05, 0) is 19.3 Å². The predicted molar refractivity (Wildman–Crippen MR) is 45.0 cm³/mol. The molecule has 0 aromatic carbocycles. The number of rotatable bonds is 1. The Morgan fingerprint density at radius 1 is 1.18 bits per heavy atom. The van der Waals surface area contributed by atoms with Crippen LogP contribution in [0.1, 0.15) is 34.6 Å². The van der Waals surface area contributed by atoms with Crippen LogP contribution in [-0.2, 0) is 0 Å². The molecule has 0 aliphatic rings. The summed E-state index contributed by atoms with van der Waals surface area (Å²) in [6.45, 7) is 8.92. The van der Waals surface area contributed by atoms with Crippen LogP contribution in [0, 0.1) is 5.41 Å². The zero-order valence-electron chi connectivity index (χ0n) is 7.84. The van der Waals surface area contributed by atoms with Crippen molar-refractivity contribution in [2.75, 3.05) is 0 Å². The van der Waals surface area contributed by atoms with Crippen LogP contribution in [0.25, 0.3) is 0 Å². The summed E-state index contributed by atoms with van der Waals surface area (Å²) in [7, 11) is 0. The van der Waals surface area contributed by atoms with Gasteiger partial charge in [-0.1, -0.05) is 25.9 Å². The van der Waals surface area contributed by atoms with Gasteiger partial charge >= 0.3 is 0 Å². The smallest absolute Gasteiger partial charge is 0.108 e. The molecule has 0 heterocycles. The van der Waals surface area contributed by atoms with E-state index in [-0.39, 0.29) is 5.41 Å². The fourth-order valence-electron chi connectivity index (χ4n) is 0.640. The highest BCUT2D eigenvalue weighted by molar-refractivity contribution is 5.90. The molecule has 0 saturated carbocycles. The van der Waals surface area contributed by atoms with Crippen LogP contribution in [0.3, 0.4) is 0 Å². The molecule has 0 spiro atoms. The second-order valence-corrected chi connectivity index (χ2v) is 4.01. The highest BCUT2D eigenvalue weighted by atomic mass is 16.4. The van der Waals surface area contributed by atoms with E-state index in [1.165, 1.54) is 0 Å². The number of hydrogen-bond donors (Lipinski definition) is 2. The van der Waals surface area contributed by atoms with Crippen molar-refractivity contribution >= 4 is 5.71 Å². The molecule has 0 aliphatic heterocycles. The number of aliphatic hydroxyl groups is 1. The fraction of sp³-hybridized carbons (Fsp3) is 0.875. The van der Waals surface area contributed by atoms with Crippen LogP contribution in [0.4, 0.5) is 0 Å². The first-order chi connectivity index (χ1) is 4.73. The second-order valence-electron chi connectivity index (χ2n) is 4.01. The lowest BCUT2D eigenvalue weighted by Gasteiger charge is -2.36. The lowest BCUT2D eigenvalue weighted by Crippen LogP contribution is -2.46. The van der Waals surface area contributed by atoms with Crippen molar-refractivity contribution in [2.45, 2.75) is 40.2 Å². The van der Waals surface area contributed by atoms with Crippen LogP contribution >= 0.6 is 0 Å². The van der Waals surface area contributed by atoms with Gasteiger partial charge in [-0.3, -0.25) is 0 Å². The Hall–Kier alpha value is -0.570. The third kappa shape index (κ3) is 1.93. The molecule has 0 rings (SSSR count). The third-order valence-electron chi connectivity index (χ3n) is 2.31. The number of hydrogen-bond acceptors (Lipinski definition) is 3. The van der Waals surface area contributed by atoms with Gasteiger partial charge in [0.05, 0.1) is 5.71 Å². The highest BCUT2D eigenvalue weighted by Crippen LogP contribution is 2.30. The average molecular weight is 159 g/mol. The zero-order valence-corrected chi connectivity index (χ0v) is 7.84. The Kier molecular flexibility index (Phi) is 2.67. The maximum absolute atomic E-state index is 9.83. The first-order valence-electron chi connectivity index (χ1n) is 3.65. The van der Waals surface area contributed by atoms with Crippen molar-refractivity contribution in [2.24, 2.45) is 10.6 Å². The Morgan fingerprint density at radius 3 is 1.64 bits per heavy atom. The molecule has 0 aromatic heterocycles. The van der Waals surface area contributed by atoms with E-state index in [0.29, 0.717) is 5.71 Å². The molecule has 0 aliphatic carbocycles. The van der Waals surface area contributed by atoms with E-state index in [1.54, 1.807) is 13.8 Å². The minimum Gasteiger partial charge on any atom is -0.411 e. The summed E-state index contributed by atoms with van der Waals surface area (Å²) in [5.74, 6) is 0. The van der Waals surface area contributed by atoms with Crippen molar-refractivity contribution in [3.63, 3.8) is 0 Å². The SMILES string of the molecule is CC(=NO)C(C)(O)C(C)(C)C. The van der Waals surface area contributed by atoms with Crippen LogP contribution in [-0.4, -0.2) is 21.6 Å². The zero-order chi connectivity index (χ0) is 9.28. The molecule has 1 unspecified atom stereocenters. The monoisotopic (exact) mass is 159 g/mol. The molecule has 0 aromatic rings. The first kappa shape index (κ1) is 10.4. The van der Waals surface area contributed by atoms with Crippen LogP contribution in [0.5, 0.6) is 0 Å². The molecule has 1 atom stereocenters. The van der Waals surface area contributed by atoms with Gasteiger partial charge in [0.15, 0.2) is 0 Å². The fourth-order valence-corrected chi connectivity index (χ4v) is 0.640. The Labute approximate surface area is 67.7 Å². The number of nitrogens with zero attached hydrogens (tertiary/aromatic N) is 1. The van der Waals surface area contributed by atoms with Crippen molar-refractivity contribution in [1.29, 1.82) is 0 Å². The molecule has 0 saturated heterocycles. The van der Waals surface area contributed by atoms with E-state index in [2.05, 4.69) is 5.16 Å². The van der Waals surface area contributed by atoms with Crippen LogP contribution < -0.4 is 0 Å². The summed E-state index contributed by atoms with van der Waals surface area (Å²) >= 11 is 0. The maximum Gasteiger partial charge on any atom is 0.108 e. The van der Waals surface area contributed by atoms with Gasteiger partial charge < -0.3 is 10.3 Å². The molecule has 0 fully saturated rings. The largest absolute Gasteiger partial charge is 0.411 e. The van der Waals surface area contributed by atoms with E-state index < -0.39 is 5.60 Å². The van der Waals surface area contributed by atoms with Crippen molar-refractivity contribution in [3.8, 4) is 0 Å². The molecule has 11 heavy (non-hydrogen) atoms. The number of oxime groups is 1. The van der Waals surface area contributed by atoms with Crippen LogP contribution in [0.15, 0.2) is 5.16 Å². The van der Waals surface area contributed by atoms with Gasteiger partial charge in [-0.25, -0.2) is 0 Å². The summed E-state index contributed by atoms with van der Waals surface area (Å²) in [6.07, 6.45) is 0. The predicted octanol–water partition coefficient (Wildman–Crippen LogP) is 1.63. The Bertz CT molecular complexity index is 165. The third-order valence-corrected chi connectivity index (χ3v) is 2.31. The first-order valence-corrected chi connectivity index (χ1v) is 3.65. The maximum atomic E-state index is 9.83. The van der Waals surface area contributed by atoms with Gasteiger partial charge in [-0.2, -0.15) is 0 Å². The Balaban J connectivity index is 4.74. The Morgan fingerprint density at radius 2 is 1.55 bits per heavy atom. The van der Waals surface area contributed by atoms with Gasteiger partial charge in [-0.15, -0.1) is 0 Å². The topological polar surface area (TPSA) is 52.8 Å². The molecule has 3 nitrogen and oxygen atoms in total. The van der Waals surface area contributed by atoms with Gasteiger partial charge in [0.25, 0.3) is 0 Å². The quantitative estimate of drug-likeness (QED) is 0.347. The standard InChI is InChI=1S/C8H17NO2/c1-6(9-11)8(5,10)7(2,3)4/h10-11H,1-5H3. The highest BCUT2D eigenvalue weighted by Gasteiger charge is 2.38. The lowest BCUT2D eigenvalue weighted by molar-refractivity contribution is 0.0193. The molecule has 0 bridgehead atoms. The molecule has 0 radical (unpaired) electrons. The molecular weight excluding hydrogens is 142 g/mol. The van der Waals surface area contributed by atoms with Gasteiger partial charge in [0.1, 0.15) is 5.60 Å². The summed E-state index contributed by atoms with van der Waals surface area (Å²) in [5.41, 5.74) is -1.03. The van der Waals surface area contributed by atoms with Crippen molar-refractivity contribution in [3.05, 3.63) is 0 Å². The summed E-state index contributed by atoms with van der Waals surface area (Å²) in [6, 6.07) is 0. The average Bonchev–Trinajstić information content (AvgIpc) is 1.83. The van der Waals surface area contributed by atoms with E-state index in [9.17, 15) is 5.11 Å². The molecular formula is C8H17NO2. The van der Waals surface area contributed by atoms with E-state index in [4.69, 9.17) is 5.21 Å². The summed E-state index contributed by atoms with van der Waals surface area (Å²) < 4.78 is 0. The summed E-state index contributed by atoms with van der Waals surface area (Å²) in [5, 5.41) is 21.3. The second kappa shape index (κ2) is 2.81. The molecule has 3 heteroatoms. The van der Waals surface area contributed by atoms with Gasteiger partial charge in [0, 0.05) is 0 Å². The minimum atomic E-state index is -1.05. The molecule has 0 amide bonds. The van der Waals surface area contributed by atoms with E-state index in [1.807, 2.05) is 20.8 Å². The molecule has 66 valence electrons. The van der Waals surface area contributed by atoms with Crippen molar-refractivity contribution < 1.29 is 10.3 Å². The van der Waals surface area contributed by atoms with E-state index in [0.717, 1.165) is 0 Å². The summed E-state index contributed by atoms with van der Waals surface area (Å²) in [4.78, 5) is 0. The minimum absolute atomic E-state index is 0.316. The molecule has 2 N–H and O–H groups in total. The van der Waals surface area contributed by atoms with Crippen LogP contribution in [0.2, 0.25) is 0 Å². The van der Waals surface area contributed by atoms with Gasteiger partial charge in [0.2, 0.25) is 0 Å². The normalized spacial score (nSPS) is 19.6. The lowest BCUT2D eigenvalue weighted by atomic mass is 9.75. The van der Waals surface area contributed by atoms with Crippen molar-refractivity contribution in [1.82, 2.24) is 0 Å². The van der Waals surface area contributed by atoms with E-state index >= 15 is 0 Å².